The van der Waals surface area contributed by atoms with E-state index < -0.39 is 11.9 Å². The highest BCUT2D eigenvalue weighted by molar-refractivity contribution is 6.17. The van der Waals surface area contributed by atoms with E-state index in [1.807, 2.05) is 67.3 Å². The summed E-state index contributed by atoms with van der Waals surface area (Å²) in [7, 11) is 6.16. The third-order valence-electron chi connectivity index (χ3n) is 5.47. The second-order valence-corrected chi connectivity index (χ2v) is 8.44. The number of nitrogens with zero attached hydrogens (tertiary/aromatic N) is 2. The molecule has 3 aromatic carbocycles. The van der Waals surface area contributed by atoms with Gasteiger partial charge in [0.05, 0.1) is 26.2 Å². The number of aliphatic imine (C=N–C) groups is 1. The van der Waals surface area contributed by atoms with Crippen molar-refractivity contribution in [3.63, 3.8) is 0 Å². The van der Waals surface area contributed by atoms with E-state index in [0.717, 1.165) is 22.6 Å². The van der Waals surface area contributed by atoms with E-state index in [-0.39, 0.29) is 11.4 Å². The third-order valence-corrected chi connectivity index (χ3v) is 5.78. The summed E-state index contributed by atoms with van der Waals surface area (Å²) in [6.07, 6.45) is 3.18. The van der Waals surface area contributed by atoms with Gasteiger partial charge in [-0.1, -0.05) is 24.3 Å². The molecule has 0 spiro atoms. The second-order valence-electron chi connectivity index (χ2n) is 8.17. The van der Waals surface area contributed by atoms with E-state index in [0.29, 0.717) is 17.0 Å². The fourth-order valence-electron chi connectivity index (χ4n) is 3.16. The summed E-state index contributed by atoms with van der Waals surface area (Å²) in [4.78, 5) is 48.4. The first-order chi connectivity index (χ1) is 19.7. The number of Topliss-reactive ketones (excluding diaryl/α,β-unsaturated/α-hetero) is 1. The van der Waals surface area contributed by atoms with Crippen molar-refractivity contribution in [3.8, 4) is 0 Å². The fourth-order valence-corrected chi connectivity index (χ4v) is 3.33. The SMILES string of the molecule is C=O.CC(=O)c1ccc(N=CN(C)c2ccc(CCl)cc2)cc1.CNc1ccc(C=C(C(=O)OC)C(=O)OC)cc1. The molecule has 0 bridgehead atoms. The quantitative estimate of drug-likeness (QED) is 0.0502. The predicted octanol–water partition coefficient (Wildman–Crippen LogP) is 5.70. The lowest BCUT2D eigenvalue weighted by atomic mass is 10.1. The number of benzene rings is 3. The van der Waals surface area contributed by atoms with Crippen molar-refractivity contribution < 1.29 is 28.7 Å². The van der Waals surface area contributed by atoms with Gasteiger partial charge in [-0.2, -0.15) is 0 Å². The molecule has 0 aliphatic heterocycles. The maximum absolute atomic E-state index is 11.4. The molecular weight excluding hydrogens is 546 g/mol. The summed E-state index contributed by atoms with van der Waals surface area (Å²) in [5, 5.41) is 2.97. The van der Waals surface area contributed by atoms with Gasteiger partial charge in [0.1, 0.15) is 12.4 Å². The molecule has 9 nitrogen and oxygen atoms in total. The molecule has 0 aliphatic rings. The minimum Gasteiger partial charge on any atom is -0.465 e. The number of ether oxygens (including phenoxy) is 2. The summed E-state index contributed by atoms with van der Waals surface area (Å²) in [5.74, 6) is -0.873. The van der Waals surface area contributed by atoms with Crippen molar-refractivity contribution in [2.45, 2.75) is 12.8 Å². The molecular formula is C31H34ClN3O6. The Balaban J connectivity index is 0.000000391. The number of carbonyl (C=O) groups excluding carboxylic acids is 4. The zero-order valence-corrected chi connectivity index (χ0v) is 24.5. The van der Waals surface area contributed by atoms with Gasteiger partial charge >= 0.3 is 11.9 Å². The Hall–Kier alpha value is -4.76. The van der Waals surface area contributed by atoms with Crippen LogP contribution in [0.4, 0.5) is 17.1 Å². The average molecular weight is 580 g/mol. The van der Waals surface area contributed by atoms with Crippen LogP contribution in [-0.2, 0) is 29.7 Å². The number of nitrogens with one attached hydrogen (secondary N) is 1. The standard InChI is InChI=1S/C17H17ClN2O.C13H15NO4.CH2O/c1-13(21)15-5-7-16(8-6-15)19-12-20(2)17-9-3-14(11-18)4-10-17;1-14-10-6-4-9(5-7-10)8-11(12(15)17-2)13(16)18-3;1-2/h3-10,12H,11H2,1-2H3;4-8,14H,1-3H3;1H2. The normalized spacial score (nSPS) is 9.71. The molecule has 216 valence electrons. The minimum absolute atomic E-state index is 0.0574. The average Bonchev–Trinajstić information content (AvgIpc) is 3.03. The van der Waals surface area contributed by atoms with Crippen LogP contribution in [0.2, 0.25) is 0 Å². The first kappa shape index (κ1) is 34.3. The summed E-state index contributed by atoms with van der Waals surface area (Å²) in [6.45, 7) is 3.55. The molecule has 0 saturated carbocycles. The molecule has 3 rings (SSSR count). The Morgan fingerprint density at radius 2 is 1.44 bits per heavy atom. The number of hydrogen-bond acceptors (Lipinski definition) is 8. The van der Waals surface area contributed by atoms with Crippen LogP contribution in [0, 0.1) is 0 Å². The van der Waals surface area contributed by atoms with E-state index in [4.69, 9.17) is 16.4 Å². The zero-order chi connectivity index (χ0) is 30.8. The highest BCUT2D eigenvalue weighted by Crippen LogP contribution is 2.17. The van der Waals surface area contributed by atoms with E-state index in [1.54, 1.807) is 44.6 Å². The van der Waals surface area contributed by atoms with E-state index in [2.05, 4.69) is 19.8 Å². The highest BCUT2D eigenvalue weighted by Gasteiger charge is 2.19. The first-order valence-electron chi connectivity index (χ1n) is 12.2. The Bertz CT molecular complexity index is 1300. The van der Waals surface area contributed by atoms with Crippen LogP contribution < -0.4 is 10.2 Å². The van der Waals surface area contributed by atoms with Crippen LogP contribution in [0.25, 0.3) is 6.08 Å². The van der Waals surface area contributed by atoms with E-state index in [9.17, 15) is 14.4 Å². The summed E-state index contributed by atoms with van der Waals surface area (Å²) in [6, 6.07) is 22.4. The summed E-state index contributed by atoms with van der Waals surface area (Å²) in [5.41, 5.74) is 5.13. The lowest BCUT2D eigenvalue weighted by Crippen LogP contribution is -2.15. The number of ketones is 1. The Morgan fingerprint density at radius 1 is 0.902 bits per heavy atom. The number of halogens is 1. The lowest BCUT2D eigenvalue weighted by molar-refractivity contribution is -0.143. The third kappa shape index (κ3) is 11.5. The molecule has 10 heteroatoms. The molecule has 0 fully saturated rings. The van der Waals surface area contributed by atoms with Crippen molar-refractivity contribution in [1.29, 1.82) is 0 Å². The lowest BCUT2D eigenvalue weighted by Gasteiger charge is -2.13. The fraction of sp³-hybridized carbons (Fsp3) is 0.194. The number of carbonyl (C=O) groups is 4. The van der Waals surface area contributed by atoms with E-state index in [1.165, 1.54) is 20.3 Å². The van der Waals surface area contributed by atoms with Gasteiger partial charge in [0.15, 0.2) is 5.78 Å². The maximum atomic E-state index is 11.4. The van der Waals surface area contributed by atoms with Crippen LogP contribution in [0.15, 0.2) is 83.4 Å². The van der Waals surface area contributed by atoms with E-state index >= 15 is 0 Å². The van der Waals surface area contributed by atoms with Crippen molar-refractivity contribution in [3.05, 3.63) is 95.1 Å². The van der Waals surface area contributed by atoms with Crippen LogP contribution in [0.3, 0.4) is 0 Å². The zero-order valence-electron chi connectivity index (χ0n) is 23.7. The molecule has 1 N–H and O–H groups in total. The van der Waals surface area contributed by atoms with Gasteiger partial charge in [-0.05, 0) is 72.7 Å². The van der Waals surface area contributed by atoms with Crippen LogP contribution >= 0.6 is 11.6 Å². The molecule has 0 radical (unpaired) electrons. The first-order valence-corrected chi connectivity index (χ1v) is 12.7. The maximum Gasteiger partial charge on any atom is 0.345 e. The van der Waals surface area contributed by atoms with Crippen molar-refractivity contribution in [2.24, 2.45) is 4.99 Å². The van der Waals surface area contributed by atoms with Crippen molar-refractivity contribution in [2.75, 3.05) is 38.5 Å². The molecule has 0 atom stereocenters. The number of anilines is 2. The summed E-state index contributed by atoms with van der Waals surface area (Å²) < 4.78 is 9.06. The molecule has 3 aromatic rings. The van der Waals surface area contributed by atoms with Crippen LogP contribution in [-0.4, -0.2) is 59.2 Å². The predicted molar refractivity (Wildman–Crippen MR) is 164 cm³/mol. The highest BCUT2D eigenvalue weighted by atomic mass is 35.5. The Morgan fingerprint density at radius 3 is 1.88 bits per heavy atom. The molecule has 41 heavy (non-hydrogen) atoms. The van der Waals surface area contributed by atoms with Crippen molar-refractivity contribution >= 4 is 65.6 Å². The number of hydrogen-bond donors (Lipinski definition) is 1. The topological polar surface area (TPSA) is 114 Å². The Labute approximate surface area is 245 Å². The van der Waals surface area contributed by atoms with Gasteiger partial charge in [-0.3, -0.25) is 4.79 Å². The molecule has 0 heterocycles. The number of methoxy groups -OCH3 is 2. The second kappa shape index (κ2) is 18.5. The van der Waals surface area contributed by atoms with Gasteiger partial charge in [0.25, 0.3) is 0 Å². The molecule has 0 aromatic heterocycles. The van der Waals surface area contributed by atoms with Gasteiger partial charge in [-0.25, -0.2) is 14.6 Å². The molecule has 0 amide bonds. The molecule has 0 unspecified atom stereocenters. The molecule has 0 aliphatic carbocycles. The minimum atomic E-state index is -0.723. The van der Waals surface area contributed by atoms with Gasteiger partial charge < -0.3 is 24.5 Å². The van der Waals surface area contributed by atoms with Crippen LogP contribution in [0.5, 0.6) is 0 Å². The smallest absolute Gasteiger partial charge is 0.345 e. The van der Waals surface area contributed by atoms with Gasteiger partial charge in [-0.15, -0.1) is 11.6 Å². The summed E-state index contributed by atoms with van der Waals surface area (Å²) >= 11 is 5.77. The number of rotatable bonds is 9. The number of esters is 2. The van der Waals surface area contributed by atoms with Crippen LogP contribution in [0.1, 0.15) is 28.4 Å². The monoisotopic (exact) mass is 579 g/mol. The molecule has 0 saturated heterocycles. The largest absolute Gasteiger partial charge is 0.465 e. The van der Waals surface area contributed by atoms with Gasteiger partial charge in [0, 0.05) is 36.9 Å². The Kier molecular flexibility index (Phi) is 15.5. The van der Waals surface area contributed by atoms with Gasteiger partial charge in [0.2, 0.25) is 0 Å². The van der Waals surface area contributed by atoms with Crippen molar-refractivity contribution in [1.82, 2.24) is 0 Å². The number of alkyl halides is 1.